The van der Waals surface area contributed by atoms with Gasteiger partial charge < -0.3 is 9.47 Å². The topological polar surface area (TPSA) is 65.5 Å². The molecule has 5 heteroatoms. The highest BCUT2D eigenvalue weighted by Gasteiger charge is 2.35. The normalized spacial score (nSPS) is 20.3. The SMILES string of the molecule is CC(=O)O[C@H]1CCc2cnc3ccccc3c2[C@H]1OC(C)=O. The Morgan fingerprint density at radius 3 is 2.59 bits per heavy atom. The van der Waals surface area contributed by atoms with Crippen molar-refractivity contribution in [3.05, 3.63) is 41.6 Å². The third kappa shape index (κ3) is 2.66. The first-order valence-electron chi connectivity index (χ1n) is 7.27. The van der Waals surface area contributed by atoms with Crippen LogP contribution in [0.15, 0.2) is 30.5 Å². The van der Waals surface area contributed by atoms with Crippen LogP contribution in [0, 0.1) is 0 Å². The van der Waals surface area contributed by atoms with Crippen LogP contribution in [0.4, 0.5) is 0 Å². The zero-order valence-electron chi connectivity index (χ0n) is 12.5. The minimum absolute atomic E-state index is 0.371. The fourth-order valence-corrected chi connectivity index (χ4v) is 3.02. The summed E-state index contributed by atoms with van der Waals surface area (Å²) in [5.74, 6) is -0.764. The van der Waals surface area contributed by atoms with Gasteiger partial charge in [0.05, 0.1) is 5.52 Å². The van der Waals surface area contributed by atoms with Gasteiger partial charge in [0.1, 0.15) is 6.10 Å². The average molecular weight is 299 g/mol. The Morgan fingerprint density at radius 1 is 1.14 bits per heavy atom. The lowest BCUT2D eigenvalue weighted by Gasteiger charge is -2.32. The van der Waals surface area contributed by atoms with Crippen molar-refractivity contribution in [2.45, 2.75) is 38.9 Å². The smallest absolute Gasteiger partial charge is 0.303 e. The van der Waals surface area contributed by atoms with Crippen LogP contribution in [-0.2, 0) is 25.5 Å². The Kier molecular flexibility index (Phi) is 3.79. The van der Waals surface area contributed by atoms with Crippen LogP contribution in [0.1, 0.15) is 37.5 Å². The number of hydrogen-bond donors (Lipinski definition) is 0. The van der Waals surface area contributed by atoms with Crippen molar-refractivity contribution in [3.63, 3.8) is 0 Å². The Morgan fingerprint density at radius 2 is 1.86 bits per heavy atom. The third-order valence-electron chi connectivity index (χ3n) is 3.83. The maximum absolute atomic E-state index is 11.5. The first-order chi connectivity index (χ1) is 10.6. The molecule has 0 amide bonds. The molecule has 0 radical (unpaired) electrons. The summed E-state index contributed by atoms with van der Waals surface area (Å²) in [7, 11) is 0. The highest BCUT2D eigenvalue weighted by Crippen LogP contribution is 2.38. The Balaban J connectivity index is 2.14. The van der Waals surface area contributed by atoms with E-state index >= 15 is 0 Å². The van der Waals surface area contributed by atoms with Crippen molar-refractivity contribution in [2.75, 3.05) is 0 Å². The Bertz CT molecular complexity index is 741. The standard InChI is InChI=1S/C17H17NO4/c1-10(19)21-15-8-7-12-9-18-14-6-4-3-5-13(14)16(12)17(15)22-11(2)20/h3-6,9,15,17H,7-8H2,1-2H3/t15-,17-/m0/s1. The number of pyridine rings is 1. The van der Waals surface area contributed by atoms with E-state index in [-0.39, 0.29) is 5.97 Å². The number of para-hydroxylation sites is 1. The van der Waals surface area contributed by atoms with E-state index < -0.39 is 18.2 Å². The van der Waals surface area contributed by atoms with Gasteiger partial charge >= 0.3 is 11.9 Å². The maximum atomic E-state index is 11.5. The van der Waals surface area contributed by atoms with Gasteiger partial charge in [-0.15, -0.1) is 0 Å². The molecule has 1 heterocycles. The van der Waals surface area contributed by atoms with Crippen LogP contribution in [0.5, 0.6) is 0 Å². The Hall–Kier alpha value is -2.43. The second-order valence-corrected chi connectivity index (χ2v) is 5.43. The summed E-state index contributed by atoms with van der Waals surface area (Å²) in [5, 5.41) is 0.933. The summed E-state index contributed by atoms with van der Waals surface area (Å²) < 4.78 is 10.9. The van der Waals surface area contributed by atoms with Gasteiger partial charge in [0.2, 0.25) is 0 Å². The van der Waals surface area contributed by atoms with Crippen LogP contribution in [0.2, 0.25) is 0 Å². The first kappa shape index (κ1) is 14.5. The molecule has 1 aromatic carbocycles. The highest BCUT2D eigenvalue weighted by molar-refractivity contribution is 5.84. The third-order valence-corrected chi connectivity index (χ3v) is 3.83. The molecule has 1 aliphatic rings. The van der Waals surface area contributed by atoms with Crippen LogP contribution in [-0.4, -0.2) is 23.0 Å². The van der Waals surface area contributed by atoms with Gasteiger partial charge in [-0.2, -0.15) is 0 Å². The molecule has 2 aromatic rings. The largest absolute Gasteiger partial charge is 0.458 e. The number of ether oxygens (including phenoxy) is 2. The van der Waals surface area contributed by atoms with Gasteiger partial charge in [-0.05, 0) is 24.5 Å². The van der Waals surface area contributed by atoms with Crippen molar-refractivity contribution in [2.24, 2.45) is 0 Å². The van der Waals surface area contributed by atoms with E-state index in [1.165, 1.54) is 13.8 Å². The van der Waals surface area contributed by atoms with E-state index in [2.05, 4.69) is 4.98 Å². The van der Waals surface area contributed by atoms with E-state index in [1.54, 1.807) is 0 Å². The maximum Gasteiger partial charge on any atom is 0.303 e. The number of fused-ring (bicyclic) bond motifs is 3. The highest BCUT2D eigenvalue weighted by atomic mass is 16.6. The summed E-state index contributed by atoms with van der Waals surface area (Å²) >= 11 is 0. The van der Waals surface area contributed by atoms with Crippen LogP contribution < -0.4 is 0 Å². The summed E-state index contributed by atoms with van der Waals surface area (Å²) in [6.07, 6.45) is 2.13. The minimum atomic E-state index is -0.585. The fourth-order valence-electron chi connectivity index (χ4n) is 3.02. The van der Waals surface area contributed by atoms with Crippen LogP contribution in [0.3, 0.4) is 0 Å². The summed E-state index contributed by atoms with van der Waals surface area (Å²) in [6.45, 7) is 2.73. The van der Waals surface area contributed by atoms with Gasteiger partial charge in [-0.3, -0.25) is 14.6 Å². The predicted molar refractivity (Wildman–Crippen MR) is 80.1 cm³/mol. The van der Waals surface area contributed by atoms with Crippen molar-refractivity contribution in [1.29, 1.82) is 0 Å². The van der Waals surface area contributed by atoms with Crippen molar-refractivity contribution < 1.29 is 19.1 Å². The number of nitrogens with zero attached hydrogens (tertiary/aromatic N) is 1. The number of aromatic nitrogens is 1. The van der Waals surface area contributed by atoms with E-state index in [4.69, 9.17) is 9.47 Å². The minimum Gasteiger partial charge on any atom is -0.458 e. The van der Waals surface area contributed by atoms with E-state index in [1.807, 2.05) is 30.5 Å². The molecule has 5 nitrogen and oxygen atoms in total. The molecule has 0 saturated heterocycles. The second-order valence-electron chi connectivity index (χ2n) is 5.43. The number of rotatable bonds is 2. The zero-order chi connectivity index (χ0) is 15.7. The molecule has 3 rings (SSSR count). The van der Waals surface area contributed by atoms with Crippen LogP contribution >= 0.6 is 0 Å². The monoisotopic (exact) mass is 299 g/mol. The van der Waals surface area contributed by atoms with Gasteiger partial charge in [-0.25, -0.2) is 0 Å². The van der Waals surface area contributed by atoms with Crippen molar-refractivity contribution in [3.8, 4) is 0 Å². The molecule has 22 heavy (non-hydrogen) atoms. The van der Waals surface area contributed by atoms with Crippen molar-refractivity contribution in [1.82, 2.24) is 4.98 Å². The number of benzene rings is 1. The van der Waals surface area contributed by atoms with Gasteiger partial charge in [0.25, 0.3) is 0 Å². The quantitative estimate of drug-likeness (QED) is 0.798. The molecule has 0 saturated carbocycles. The summed E-state index contributed by atoms with van der Waals surface area (Å²) in [5.41, 5.74) is 2.77. The van der Waals surface area contributed by atoms with Gasteiger partial charge in [-0.1, -0.05) is 18.2 Å². The lowest BCUT2D eigenvalue weighted by Crippen LogP contribution is -2.32. The molecule has 0 spiro atoms. The molecular formula is C17H17NO4. The summed E-state index contributed by atoms with van der Waals surface area (Å²) in [4.78, 5) is 27.3. The zero-order valence-corrected chi connectivity index (χ0v) is 12.5. The summed E-state index contributed by atoms with van der Waals surface area (Å²) in [6, 6.07) is 7.70. The lowest BCUT2D eigenvalue weighted by atomic mass is 9.85. The molecule has 0 bridgehead atoms. The first-order valence-corrected chi connectivity index (χ1v) is 7.27. The van der Waals surface area contributed by atoms with Crippen molar-refractivity contribution >= 4 is 22.8 Å². The van der Waals surface area contributed by atoms with E-state index in [0.717, 1.165) is 28.5 Å². The van der Waals surface area contributed by atoms with Gasteiger partial charge in [0, 0.05) is 31.0 Å². The van der Waals surface area contributed by atoms with Gasteiger partial charge in [0.15, 0.2) is 6.10 Å². The molecule has 114 valence electrons. The van der Waals surface area contributed by atoms with E-state index in [0.29, 0.717) is 6.42 Å². The Labute approximate surface area is 128 Å². The molecule has 2 atom stereocenters. The molecule has 0 N–H and O–H groups in total. The van der Waals surface area contributed by atoms with Crippen LogP contribution in [0.25, 0.3) is 10.9 Å². The second kappa shape index (κ2) is 5.75. The molecule has 1 aliphatic carbocycles. The number of carbonyl (C=O) groups is 2. The number of hydrogen-bond acceptors (Lipinski definition) is 5. The molecular weight excluding hydrogens is 282 g/mol. The van der Waals surface area contributed by atoms with E-state index in [9.17, 15) is 9.59 Å². The molecule has 0 fully saturated rings. The molecule has 0 aliphatic heterocycles. The fraction of sp³-hybridized carbons (Fsp3) is 0.353. The molecule has 1 aromatic heterocycles. The predicted octanol–water partition coefficient (Wildman–Crippen LogP) is 2.72. The lowest BCUT2D eigenvalue weighted by molar-refractivity contribution is -0.167. The average Bonchev–Trinajstić information content (AvgIpc) is 2.48. The number of carbonyl (C=O) groups excluding carboxylic acids is 2. The molecule has 0 unspecified atom stereocenters. The number of esters is 2. The number of aryl methyl sites for hydroxylation is 1.